The molecule has 1 heterocycles. The first-order chi connectivity index (χ1) is 13.0. The summed E-state index contributed by atoms with van der Waals surface area (Å²) >= 11 is 0. The van der Waals surface area contributed by atoms with E-state index in [4.69, 9.17) is 10.00 Å². The Morgan fingerprint density at radius 1 is 1.15 bits per heavy atom. The third kappa shape index (κ3) is 3.82. The van der Waals surface area contributed by atoms with Crippen LogP contribution >= 0.6 is 0 Å². The van der Waals surface area contributed by atoms with E-state index >= 15 is 0 Å². The molecule has 7 nitrogen and oxygen atoms in total. The number of ether oxygens (including phenoxy) is 1. The number of urea groups is 1. The van der Waals surface area contributed by atoms with E-state index in [1.54, 1.807) is 24.3 Å². The van der Waals surface area contributed by atoms with Gasteiger partial charge in [-0.3, -0.25) is 14.9 Å². The molecule has 0 spiro atoms. The van der Waals surface area contributed by atoms with Gasteiger partial charge in [-0.25, -0.2) is 14.1 Å². The second kappa shape index (κ2) is 7.49. The molecule has 0 atom stereocenters. The molecule has 2 aromatic carbocycles. The van der Waals surface area contributed by atoms with Crippen molar-refractivity contribution in [1.82, 2.24) is 5.32 Å². The number of anilines is 1. The van der Waals surface area contributed by atoms with Crippen LogP contribution in [0.1, 0.15) is 5.56 Å². The minimum absolute atomic E-state index is 0.0103. The number of hydrogen-bond donors (Lipinski definition) is 1. The molecule has 0 aliphatic carbocycles. The lowest BCUT2D eigenvalue weighted by molar-refractivity contribution is -0.122. The molecule has 0 radical (unpaired) electrons. The molecule has 2 aromatic rings. The molecule has 8 heteroatoms. The Morgan fingerprint density at radius 3 is 2.56 bits per heavy atom. The van der Waals surface area contributed by atoms with Crippen LogP contribution in [0, 0.1) is 17.1 Å². The van der Waals surface area contributed by atoms with Gasteiger partial charge >= 0.3 is 6.03 Å². The highest BCUT2D eigenvalue weighted by atomic mass is 19.1. The van der Waals surface area contributed by atoms with Crippen molar-refractivity contribution in [3.8, 4) is 11.8 Å². The van der Waals surface area contributed by atoms with Gasteiger partial charge in [0.25, 0.3) is 11.8 Å². The number of nitrogens with one attached hydrogen (secondary N) is 1. The quantitative estimate of drug-likeness (QED) is 0.662. The maximum atomic E-state index is 13.4. The van der Waals surface area contributed by atoms with Crippen molar-refractivity contribution >= 4 is 29.6 Å². The number of barbiturate groups is 1. The predicted molar refractivity (Wildman–Crippen MR) is 93.0 cm³/mol. The second-order valence-electron chi connectivity index (χ2n) is 5.45. The number of carbonyl (C=O) groups excluding carboxylic acids is 3. The van der Waals surface area contributed by atoms with Crippen LogP contribution in [-0.4, -0.2) is 24.5 Å². The summed E-state index contributed by atoms with van der Waals surface area (Å²) in [6.45, 7) is -0.105. The van der Waals surface area contributed by atoms with Crippen LogP contribution in [0.5, 0.6) is 5.75 Å². The predicted octanol–water partition coefficient (Wildman–Crippen LogP) is 2.39. The Bertz CT molecular complexity index is 993. The highest BCUT2D eigenvalue weighted by Crippen LogP contribution is 2.23. The maximum absolute atomic E-state index is 13.4. The second-order valence-corrected chi connectivity index (χ2v) is 5.45. The highest BCUT2D eigenvalue weighted by molar-refractivity contribution is 6.39. The molecule has 0 bridgehead atoms. The van der Waals surface area contributed by atoms with Crippen LogP contribution in [0.4, 0.5) is 14.9 Å². The van der Waals surface area contributed by atoms with Crippen molar-refractivity contribution in [1.29, 1.82) is 5.26 Å². The smallest absolute Gasteiger partial charge is 0.335 e. The zero-order valence-electron chi connectivity index (χ0n) is 13.8. The van der Waals surface area contributed by atoms with E-state index in [1.165, 1.54) is 24.3 Å². The minimum Gasteiger partial charge on any atom is -0.479 e. The number of benzene rings is 2. The van der Waals surface area contributed by atoms with Crippen LogP contribution in [0.25, 0.3) is 6.08 Å². The zero-order chi connectivity index (χ0) is 19.4. The molecule has 1 N–H and O–H groups in total. The Morgan fingerprint density at radius 2 is 1.89 bits per heavy atom. The van der Waals surface area contributed by atoms with Gasteiger partial charge in [-0.15, -0.1) is 0 Å². The number of hydrogen-bond acceptors (Lipinski definition) is 5. The zero-order valence-corrected chi connectivity index (χ0v) is 13.8. The molecule has 1 fully saturated rings. The molecule has 0 aromatic heterocycles. The van der Waals surface area contributed by atoms with Gasteiger partial charge in [0.1, 0.15) is 23.2 Å². The third-order valence-electron chi connectivity index (χ3n) is 3.66. The lowest BCUT2D eigenvalue weighted by Gasteiger charge is -2.26. The van der Waals surface area contributed by atoms with Crippen LogP contribution in [-0.2, 0) is 9.59 Å². The molecule has 0 saturated carbocycles. The standard InChI is InChI=1S/C19H12FN3O4/c20-13-2-1-3-14(11-13)23-18(25)16(17(24)22-19(23)26)10-12-4-6-15(7-5-12)27-9-8-21/h1-7,10-11H,9H2,(H,22,24,26)/b16-10+. The van der Waals surface area contributed by atoms with Crippen molar-refractivity contribution < 1.29 is 23.5 Å². The Hall–Kier alpha value is -3.99. The highest BCUT2D eigenvalue weighted by Gasteiger charge is 2.36. The lowest BCUT2D eigenvalue weighted by atomic mass is 10.1. The summed E-state index contributed by atoms with van der Waals surface area (Å²) in [4.78, 5) is 37.5. The van der Waals surface area contributed by atoms with Crippen molar-refractivity contribution in [3.05, 3.63) is 65.5 Å². The number of nitriles is 1. The first kappa shape index (κ1) is 17.8. The number of rotatable bonds is 4. The van der Waals surface area contributed by atoms with Crippen molar-refractivity contribution in [2.45, 2.75) is 0 Å². The fourth-order valence-corrected chi connectivity index (χ4v) is 2.45. The molecular formula is C19H12FN3O4. The Balaban J connectivity index is 1.91. The van der Waals surface area contributed by atoms with Gasteiger partial charge in [-0.1, -0.05) is 18.2 Å². The van der Waals surface area contributed by atoms with Gasteiger partial charge < -0.3 is 4.74 Å². The first-order valence-electron chi connectivity index (χ1n) is 7.76. The summed E-state index contributed by atoms with van der Waals surface area (Å²) in [6, 6.07) is 12.1. The third-order valence-corrected chi connectivity index (χ3v) is 3.66. The van der Waals surface area contributed by atoms with Crippen LogP contribution in [0.3, 0.4) is 0 Å². The summed E-state index contributed by atoms with van der Waals surface area (Å²) in [6.07, 6.45) is 1.31. The van der Waals surface area contributed by atoms with Gasteiger partial charge in [-0.2, -0.15) is 5.26 Å². The number of nitrogens with zero attached hydrogens (tertiary/aromatic N) is 2. The van der Waals surface area contributed by atoms with Crippen molar-refractivity contribution in [3.63, 3.8) is 0 Å². The van der Waals surface area contributed by atoms with Crippen LogP contribution < -0.4 is 15.0 Å². The summed E-state index contributed by atoms with van der Waals surface area (Å²) in [5, 5.41) is 10.6. The summed E-state index contributed by atoms with van der Waals surface area (Å²) in [5.74, 6) is -1.88. The average Bonchev–Trinajstić information content (AvgIpc) is 2.64. The minimum atomic E-state index is -0.951. The Kier molecular flexibility index (Phi) is 4.95. The summed E-state index contributed by atoms with van der Waals surface area (Å²) < 4.78 is 18.6. The van der Waals surface area contributed by atoms with Crippen molar-refractivity contribution in [2.75, 3.05) is 11.5 Å². The van der Waals surface area contributed by atoms with E-state index in [0.29, 0.717) is 16.2 Å². The van der Waals surface area contributed by atoms with Gasteiger partial charge in [0.05, 0.1) is 5.69 Å². The van der Waals surface area contributed by atoms with Crippen LogP contribution in [0.2, 0.25) is 0 Å². The van der Waals surface area contributed by atoms with Gasteiger partial charge in [-0.05, 0) is 42.0 Å². The molecule has 1 aliphatic rings. The van der Waals surface area contributed by atoms with E-state index in [2.05, 4.69) is 5.32 Å². The normalized spacial score (nSPS) is 15.5. The van der Waals surface area contributed by atoms with E-state index in [0.717, 1.165) is 6.07 Å². The maximum Gasteiger partial charge on any atom is 0.335 e. The number of amides is 4. The van der Waals surface area contributed by atoms with E-state index in [9.17, 15) is 18.8 Å². The Labute approximate surface area is 153 Å². The number of halogens is 1. The van der Waals surface area contributed by atoms with Gasteiger partial charge in [0.2, 0.25) is 0 Å². The molecular weight excluding hydrogens is 353 g/mol. The fourth-order valence-electron chi connectivity index (χ4n) is 2.45. The van der Waals surface area contributed by atoms with Crippen LogP contribution in [0.15, 0.2) is 54.1 Å². The fraction of sp³-hybridized carbons (Fsp3) is 0.0526. The molecule has 4 amide bonds. The largest absolute Gasteiger partial charge is 0.479 e. The summed E-state index contributed by atoms with van der Waals surface area (Å²) in [7, 11) is 0. The molecule has 3 rings (SSSR count). The van der Waals surface area contributed by atoms with Crippen molar-refractivity contribution in [2.24, 2.45) is 0 Å². The van der Waals surface area contributed by atoms with Gasteiger partial charge in [0, 0.05) is 0 Å². The molecule has 134 valence electrons. The van der Waals surface area contributed by atoms with E-state index in [1.807, 2.05) is 6.07 Å². The molecule has 27 heavy (non-hydrogen) atoms. The summed E-state index contributed by atoms with van der Waals surface area (Å²) in [5.41, 5.74) is 0.243. The lowest BCUT2D eigenvalue weighted by Crippen LogP contribution is -2.54. The molecule has 1 aliphatic heterocycles. The molecule has 1 saturated heterocycles. The van der Waals surface area contributed by atoms with Gasteiger partial charge in [0.15, 0.2) is 6.61 Å². The monoisotopic (exact) mass is 365 g/mol. The first-order valence-corrected chi connectivity index (χ1v) is 7.76. The topological polar surface area (TPSA) is 99.5 Å². The molecule has 0 unspecified atom stereocenters. The SMILES string of the molecule is N#CCOc1ccc(/C=C2\C(=O)NC(=O)N(c3cccc(F)c3)C2=O)cc1. The average molecular weight is 365 g/mol. The number of carbonyl (C=O) groups is 3. The number of imide groups is 2. The van der Waals surface area contributed by atoms with E-state index < -0.39 is 23.7 Å². The van der Waals surface area contributed by atoms with E-state index in [-0.39, 0.29) is 17.9 Å².